The normalized spacial score (nSPS) is 27.1. The van der Waals surface area contributed by atoms with Crippen LogP contribution in [0.25, 0.3) is 0 Å². The Hall–Kier alpha value is -1.56. The van der Waals surface area contributed by atoms with Crippen LogP contribution in [0, 0.1) is 23.2 Å². The van der Waals surface area contributed by atoms with Crippen LogP contribution in [0.5, 0.6) is 5.75 Å². The molecule has 262 valence electrons. The van der Waals surface area contributed by atoms with Gasteiger partial charge in [-0.15, -0.1) is 0 Å². The molecule has 3 unspecified atom stereocenters. The van der Waals surface area contributed by atoms with Crippen molar-refractivity contribution >= 4 is 11.8 Å². The first kappa shape index (κ1) is 37.3. The molecule has 3 aliphatic rings. The van der Waals surface area contributed by atoms with Crippen molar-refractivity contribution in [3.8, 4) is 5.75 Å². The van der Waals surface area contributed by atoms with Crippen LogP contribution in [0.1, 0.15) is 88.2 Å². The van der Waals surface area contributed by atoms with Crippen LogP contribution in [-0.2, 0) is 6.42 Å². The number of allylic oxidation sites excluding steroid dienone is 1. The van der Waals surface area contributed by atoms with Gasteiger partial charge in [-0.3, -0.25) is 0 Å². The number of hydrogen-bond acceptors (Lipinski definition) is 3. The quantitative estimate of drug-likeness (QED) is 0.113. The molecule has 2 saturated carbocycles. The van der Waals surface area contributed by atoms with Crippen LogP contribution in [-0.4, -0.2) is 65.6 Å². The third-order valence-corrected chi connectivity index (χ3v) is 12.1. The Morgan fingerprint density at radius 1 is 0.935 bits per heavy atom. The number of hydrogen-bond donors (Lipinski definition) is 1. The maximum atomic E-state index is 13.7. The van der Waals surface area contributed by atoms with E-state index in [1.54, 1.807) is 0 Å². The van der Waals surface area contributed by atoms with E-state index in [-0.39, 0.29) is 11.2 Å². The number of phenolic OH excluding ortho intramolecular Hbond substituents is 1. The van der Waals surface area contributed by atoms with E-state index in [0.29, 0.717) is 42.4 Å². The summed E-state index contributed by atoms with van der Waals surface area (Å²) in [6.07, 6.45) is 1.79. The zero-order valence-corrected chi connectivity index (χ0v) is 27.4. The SMILES string of the molecule is C=C1CCC2C3C(CC[C@]12C)c1ccc(O)cc1C[C@H]3CCCCCN(C)CCCSCCC(F)(F)C(F)(F)C(F)(F)C(F)(F)F. The molecule has 0 radical (unpaired) electrons. The Labute approximate surface area is 270 Å². The summed E-state index contributed by atoms with van der Waals surface area (Å²) in [6.45, 7) is 8.29. The lowest BCUT2D eigenvalue weighted by Crippen LogP contribution is -2.60. The number of aromatic hydroxyl groups is 1. The maximum absolute atomic E-state index is 13.7. The van der Waals surface area contributed by atoms with E-state index < -0.39 is 36.1 Å². The minimum Gasteiger partial charge on any atom is -0.508 e. The summed E-state index contributed by atoms with van der Waals surface area (Å²) in [5.41, 5.74) is 4.30. The van der Waals surface area contributed by atoms with Crippen LogP contribution >= 0.6 is 11.8 Å². The van der Waals surface area contributed by atoms with Gasteiger partial charge in [0.15, 0.2) is 0 Å². The van der Waals surface area contributed by atoms with E-state index in [4.69, 9.17) is 0 Å². The first-order valence-corrected chi connectivity index (χ1v) is 17.5. The average Bonchev–Trinajstić information content (AvgIpc) is 3.27. The second kappa shape index (κ2) is 14.1. The largest absolute Gasteiger partial charge is 0.508 e. The van der Waals surface area contributed by atoms with Gasteiger partial charge in [0.1, 0.15) is 5.75 Å². The lowest BCUT2D eigenvalue weighted by molar-refractivity contribution is -0.396. The van der Waals surface area contributed by atoms with Crippen molar-refractivity contribution in [2.24, 2.45) is 23.2 Å². The summed E-state index contributed by atoms with van der Waals surface area (Å²) in [5.74, 6) is -16.6. The monoisotopic (exact) mass is 687 g/mol. The van der Waals surface area contributed by atoms with Gasteiger partial charge in [-0.2, -0.15) is 51.3 Å². The molecule has 5 atom stereocenters. The molecule has 3 aliphatic carbocycles. The highest BCUT2D eigenvalue weighted by Gasteiger charge is 2.81. The molecule has 0 heterocycles. The highest BCUT2D eigenvalue weighted by atomic mass is 32.2. The first-order chi connectivity index (χ1) is 21.3. The highest BCUT2D eigenvalue weighted by Crippen LogP contribution is 2.64. The standard InChI is InChI=1S/C34H46F9NOS/c1-22-9-12-28-29-23(20-24-21-25(45)10-11-26(24)27(29)13-14-30(22,28)2)8-5-4-6-16-44(3)17-7-18-46-19-15-31(35,36)32(37,38)33(39,40)34(41,42)43/h10-11,21,23,27-29,45H,1,4-9,12-20H2,2-3H3/t23-,27?,28?,29?,30-/m1/s1. The number of benzene rings is 1. The number of unbranched alkanes of at least 4 members (excludes halogenated alkanes) is 2. The third kappa shape index (κ3) is 7.37. The van der Waals surface area contributed by atoms with Crippen molar-refractivity contribution in [2.45, 2.75) is 107 Å². The van der Waals surface area contributed by atoms with Crippen LogP contribution in [0.15, 0.2) is 30.4 Å². The molecule has 0 spiro atoms. The molecule has 2 fully saturated rings. The van der Waals surface area contributed by atoms with Gasteiger partial charge in [-0.25, -0.2) is 0 Å². The predicted molar refractivity (Wildman–Crippen MR) is 164 cm³/mol. The van der Waals surface area contributed by atoms with Crippen molar-refractivity contribution in [3.05, 3.63) is 41.5 Å². The summed E-state index contributed by atoms with van der Waals surface area (Å²) in [6, 6.07) is 5.90. The zero-order valence-electron chi connectivity index (χ0n) is 26.6. The molecule has 0 saturated heterocycles. The Balaban J connectivity index is 1.17. The van der Waals surface area contributed by atoms with Gasteiger partial charge >= 0.3 is 23.9 Å². The third-order valence-electron chi connectivity index (χ3n) is 11.1. The van der Waals surface area contributed by atoms with Gasteiger partial charge in [-0.1, -0.05) is 38.0 Å². The molecule has 1 N–H and O–H groups in total. The predicted octanol–water partition coefficient (Wildman–Crippen LogP) is 10.5. The number of phenols is 1. The van der Waals surface area contributed by atoms with Crippen LogP contribution in [0.3, 0.4) is 0 Å². The molecule has 2 nitrogen and oxygen atoms in total. The Bertz CT molecular complexity index is 1210. The summed E-state index contributed by atoms with van der Waals surface area (Å²) in [4.78, 5) is 2.08. The molecular formula is C34H46F9NOS. The maximum Gasteiger partial charge on any atom is 0.460 e. The molecule has 46 heavy (non-hydrogen) atoms. The van der Waals surface area contributed by atoms with Gasteiger partial charge < -0.3 is 10.0 Å². The zero-order chi connectivity index (χ0) is 34.1. The molecule has 0 aromatic heterocycles. The molecule has 0 bridgehead atoms. The number of alkyl halides is 9. The van der Waals surface area contributed by atoms with Crippen LogP contribution in [0.4, 0.5) is 39.5 Å². The smallest absolute Gasteiger partial charge is 0.460 e. The molecule has 0 amide bonds. The first-order valence-electron chi connectivity index (χ1n) is 16.3. The molecule has 1 aromatic carbocycles. The fraction of sp³-hybridized carbons (Fsp3) is 0.765. The lowest BCUT2D eigenvalue weighted by Gasteiger charge is -2.52. The second-order valence-electron chi connectivity index (χ2n) is 14.0. The Morgan fingerprint density at radius 3 is 2.33 bits per heavy atom. The number of nitrogens with zero attached hydrogens (tertiary/aromatic N) is 1. The minimum absolute atomic E-state index is 0.211. The topological polar surface area (TPSA) is 23.5 Å². The summed E-state index contributed by atoms with van der Waals surface area (Å²) in [5, 5.41) is 10.2. The van der Waals surface area contributed by atoms with E-state index in [1.165, 1.54) is 29.5 Å². The van der Waals surface area contributed by atoms with E-state index in [0.717, 1.165) is 63.3 Å². The molecule has 12 heteroatoms. The van der Waals surface area contributed by atoms with Gasteiger partial charge in [0.2, 0.25) is 0 Å². The van der Waals surface area contributed by atoms with Gasteiger partial charge in [0, 0.05) is 6.42 Å². The Kier molecular flexibility index (Phi) is 11.4. The average molecular weight is 688 g/mol. The van der Waals surface area contributed by atoms with Gasteiger partial charge in [-0.05, 0) is 135 Å². The number of rotatable bonds is 15. The van der Waals surface area contributed by atoms with Crippen LogP contribution < -0.4 is 0 Å². The number of halogens is 9. The number of thioether (sulfide) groups is 1. The van der Waals surface area contributed by atoms with Crippen molar-refractivity contribution in [1.82, 2.24) is 4.90 Å². The molecule has 1 aromatic rings. The molecular weight excluding hydrogens is 641 g/mol. The van der Waals surface area contributed by atoms with E-state index in [1.807, 2.05) is 19.2 Å². The van der Waals surface area contributed by atoms with Crippen molar-refractivity contribution < 1.29 is 44.6 Å². The van der Waals surface area contributed by atoms with Gasteiger partial charge in [0.25, 0.3) is 0 Å². The van der Waals surface area contributed by atoms with Gasteiger partial charge in [0.05, 0.1) is 0 Å². The van der Waals surface area contributed by atoms with Crippen LogP contribution in [0.2, 0.25) is 0 Å². The van der Waals surface area contributed by atoms with Crippen molar-refractivity contribution in [2.75, 3.05) is 31.6 Å². The minimum atomic E-state index is -6.83. The van der Waals surface area contributed by atoms with E-state index in [2.05, 4.69) is 24.5 Å². The van der Waals surface area contributed by atoms with Crippen molar-refractivity contribution in [3.63, 3.8) is 0 Å². The summed E-state index contributed by atoms with van der Waals surface area (Å²) in [7, 11) is 1.92. The Morgan fingerprint density at radius 2 is 1.63 bits per heavy atom. The number of fused-ring (bicyclic) bond motifs is 5. The van der Waals surface area contributed by atoms with E-state index in [9.17, 15) is 44.6 Å². The molecule has 0 aliphatic heterocycles. The lowest BCUT2D eigenvalue weighted by atomic mass is 9.52. The van der Waals surface area contributed by atoms with Crippen molar-refractivity contribution in [1.29, 1.82) is 0 Å². The fourth-order valence-electron chi connectivity index (χ4n) is 8.35. The summed E-state index contributed by atoms with van der Waals surface area (Å²) < 4.78 is 117. The molecule has 4 rings (SSSR count). The van der Waals surface area contributed by atoms with E-state index >= 15 is 0 Å². The fourth-order valence-corrected chi connectivity index (χ4v) is 9.29. The summed E-state index contributed by atoms with van der Waals surface area (Å²) >= 11 is 0.828. The highest BCUT2D eigenvalue weighted by molar-refractivity contribution is 7.99. The second-order valence-corrected chi connectivity index (χ2v) is 15.2.